The highest BCUT2D eigenvalue weighted by molar-refractivity contribution is 5.92. The monoisotopic (exact) mass is 471 g/mol. The fourth-order valence-corrected chi connectivity index (χ4v) is 3.61. The van der Waals surface area contributed by atoms with Crippen molar-refractivity contribution in [2.75, 3.05) is 31.6 Å². The van der Waals surface area contributed by atoms with Gasteiger partial charge in [-0.25, -0.2) is 4.98 Å². The van der Waals surface area contributed by atoms with Gasteiger partial charge in [0.25, 0.3) is 11.7 Å². The number of hydrogen-bond acceptors (Lipinski definition) is 9. The highest BCUT2D eigenvalue weighted by Crippen LogP contribution is 2.31. The SMILES string of the molecule is [C-]#[N+]c1cc(C)c(Oc2cc(Nc3ccc(C(=O)N4CCOCC4)nn3)c3ncn(C)c3n2)cn1. The van der Waals surface area contributed by atoms with E-state index in [1.807, 2.05) is 14.0 Å². The molecule has 0 aliphatic carbocycles. The minimum Gasteiger partial charge on any atom is -0.435 e. The van der Waals surface area contributed by atoms with Gasteiger partial charge in [0, 0.05) is 26.2 Å². The van der Waals surface area contributed by atoms with Crippen LogP contribution in [0.15, 0.2) is 36.8 Å². The van der Waals surface area contributed by atoms with Gasteiger partial charge >= 0.3 is 0 Å². The van der Waals surface area contributed by atoms with E-state index in [0.29, 0.717) is 66.4 Å². The minimum atomic E-state index is -0.174. The van der Waals surface area contributed by atoms with Gasteiger partial charge in [-0.3, -0.25) is 4.79 Å². The second-order valence-corrected chi connectivity index (χ2v) is 7.89. The summed E-state index contributed by atoms with van der Waals surface area (Å²) in [6.45, 7) is 11.0. The van der Waals surface area contributed by atoms with Gasteiger partial charge in [0.15, 0.2) is 29.1 Å². The molecule has 5 heterocycles. The Hall–Kier alpha value is -4.63. The molecule has 12 heteroatoms. The van der Waals surface area contributed by atoms with Gasteiger partial charge in [-0.2, -0.15) is 4.98 Å². The molecule has 0 spiro atoms. The highest BCUT2D eigenvalue weighted by Gasteiger charge is 2.20. The lowest BCUT2D eigenvalue weighted by atomic mass is 10.2. The van der Waals surface area contributed by atoms with E-state index in [2.05, 4.69) is 35.3 Å². The molecule has 1 N–H and O–H groups in total. The molecule has 5 rings (SSSR count). The Kier molecular flexibility index (Phi) is 5.90. The number of anilines is 2. The molecule has 0 bridgehead atoms. The Balaban J connectivity index is 1.41. The molecule has 0 aromatic carbocycles. The molecule has 35 heavy (non-hydrogen) atoms. The van der Waals surface area contributed by atoms with Crippen LogP contribution >= 0.6 is 0 Å². The molecule has 0 unspecified atom stereocenters. The second kappa shape index (κ2) is 9.32. The van der Waals surface area contributed by atoms with E-state index in [1.54, 1.807) is 40.1 Å². The highest BCUT2D eigenvalue weighted by atomic mass is 16.5. The van der Waals surface area contributed by atoms with Crippen molar-refractivity contribution in [3.63, 3.8) is 0 Å². The summed E-state index contributed by atoms with van der Waals surface area (Å²) >= 11 is 0. The normalized spacial score (nSPS) is 13.5. The van der Waals surface area contributed by atoms with E-state index in [1.165, 1.54) is 6.20 Å². The zero-order chi connectivity index (χ0) is 24.4. The molecule has 1 fully saturated rings. The number of carbonyl (C=O) groups excluding carboxylic acids is 1. The number of fused-ring (bicyclic) bond motifs is 1. The van der Waals surface area contributed by atoms with Crippen molar-refractivity contribution in [1.29, 1.82) is 0 Å². The van der Waals surface area contributed by atoms with E-state index in [4.69, 9.17) is 16.0 Å². The second-order valence-electron chi connectivity index (χ2n) is 7.89. The van der Waals surface area contributed by atoms with Crippen LogP contribution in [0.25, 0.3) is 16.0 Å². The molecule has 0 radical (unpaired) electrons. The topological polar surface area (TPSA) is 125 Å². The first kappa shape index (κ1) is 22.2. The quantitative estimate of drug-likeness (QED) is 0.437. The van der Waals surface area contributed by atoms with Crippen molar-refractivity contribution in [2.24, 2.45) is 7.05 Å². The van der Waals surface area contributed by atoms with Gasteiger partial charge in [-0.05, 0) is 30.7 Å². The maximum atomic E-state index is 12.6. The van der Waals surface area contributed by atoms with Crippen molar-refractivity contribution in [1.82, 2.24) is 34.6 Å². The lowest BCUT2D eigenvalue weighted by Crippen LogP contribution is -2.41. The third kappa shape index (κ3) is 4.57. The molecular weight excluding hydrogens is 450 g/mol. The summed E-state index contributed by atoms with van der Waals surface area (Å²) in [6, 6.07) is 6.67. The van der Waals surface area contributed by atoms with E-state index in [9.17, 15) is 4.79 Å². The Morgan fingerprint density at radius 2 is 2.03 bits per heavy atom. The first-order valence-corrected chi connectivity index (χ1v) is 10.8. The molecule has 4 aromatic rings. The molecule has 1 amide bonds. The third-order valence-corrected chi connectivity index (χ3v) is 5.47. The number of morpholine rings is 1. The van der Waals surface area contributed by atoms with Crippen molar-refractivity contribution in [3.8, 4) is 11.6 Å². The molecule has 176 valence electrons. The van der Waals surface area contributed by atoms with Crippen LogP contribution in [-0.2, 0) is 11.8 Å². The predicted octanol–water partition coefficient (Wildman–Crippen LogP) is 3.02. The van der Waals surface area contributed by atoms with Gasteiger partial charge in [-0.1, -0.05) is 6.57 Å². The molecule has 4 aromatic heterocycles. The average Bonchev–Trinajstić information content (AvgIpc) is 3.26. The van der Waals surface area contributed by atoms with E-state index in [-0.39, 0.29) is 11.6 Å². The summed E-state index contributed by atoms with van der Waals surface area (Å²) in [7, 11) is 1.83. The van der Waals surface area contributed by atoms with E-state index in [0.717, 1.165) is 5.56 Å². The summed E-state index contributed by atoms with van der Waals surface area (Å²) in [5.41, 5.74) is 2.85. The smallest absolute Gasteiger partial charge is 0.274 e. The Morgan fingerprint density at radius 3 is 2.74 bits per heavy atom. The van der Waals surface area contributed by atoms with Crippen LogP contribution in [0.4, 0.5) is 17.3 Å². The lowest BCUT2D eigenvalue weighted by molar-refractivity contribution is 0.0298. The van der Waals surface area contributed by atoms with E-state index >= 15 is 0 Å². The number of aryl methyl sites for hydroxylation is 2. The van der Waals surface area contributed by atoms with Gasteiger partial charge in [0.2, 0.25) is 5.88 Å². The molecule has 1 aliphatic heterocycles. The number of aromatic nitrogens is 6. The number of amides is 1. The average molecular weight is 471 g/mol. The number of pyridine rings is 2. The summed E-state index contributed by atoms with van der Waals surface area (Å²) in [5.74, 6) is 1.36. The van der Waals surface area contributed by atoms with Crippen LogP contribution < -0.4 is 10.1 Å². The number of rotatable bonds is 5. The number of carbonyl (C=O) groups is 1. The largest absolute Gasteiger partial charge is 0.435 e. The van der Waals surface area contributed by atoms with Crippen LogP contribution in [0.2, 0.25) is 0 Å². The molecular formula is C23H21N9O3. The zero-order valence-corrected chi connectivity index (χ0v) is 19.1. The first-order valence-electron chi connectivity index (χ1n) is 10.8. The number of nitrogens with one attached hydrogen (secondary N) is 1. The van der Waals surface area contributed by atoms with Crippen molar-refractivity contribution in [3.05, 3.63) is 59.5 Å². The van der Waals surface area contributed by atoms with Crippen LogP contribution in [0.3, 0.4) is 0 Å². The number of imidazole rings is 1. The third-order valence-electron chi connectivity index (χ3n) is 5.47. The minimum absolute atomic E-state index is 0.174. The summed E-state index contributed by atoms with van der Waals surface area (Å²) in [4.78, 5) is 30.7. The maximum Gasteiger partial charge on any atom is 0.274 e. The fourth-order valence-electron chi connectivity index (χ4n) is 3.61. The Morgan fingerprint density at radius 1 is 1.20 bits per heavy atom. The summed E-state index contributed by atoms with van der Waals surface area (Å²) in [5, 5.41) is 11.5. The Labute approximate surface area is 200 Å². The summed E-state index contributed by atoms with van der Waals surface area (Å²) in [6.07, 6.45) is 3.15. The predicted molar refractivity (Wildman–Crippen MR) is 126 cm³/mol. The van der Waals surface area contributed by atoms with Crippen LogP contribution in [0.5, 0.6) is 11.6 Å². The zero-order valence-electron chi connectivity index (χ0n) is 19.1. The van der Waals surface area contributed by atoms with Crippen LogP contribution in [0.1, 0.15) is 16.1 Å². The lowest BCUT2D eigenvalue weighted by Gasteiger charge is -2.26. The van der Waals surface area contributed by atoms with Crippen molar-refractivity contribution >= 4 is 34.4 Å². The number of ether oxygens (including phenoxy) is 2. The van der Waals surface area contributed by atoms with Gasteiger partial charge in [0.1, 0.15) is 5.52 Å². The Bertz CT molecular complexity index is 1440. The molecule has 12 nitrogen and oxygen atoms in total. The van der Waals surface area contributed by atoms with Gasteiger partial charge in [-0.15, -0.1) is 15.2 Å². The fraction of sp³-hybridized carbons (Fsp3) is 0.261. The molecule has 0 atom stereocenters. The number of hydrogen-bond donors (Lipinski definition) is 1. The maximum absolute atomic E-state index is 12.6. The van der Waals surface area contributed by atoms with Crippen molar-refractivity contribution in [2.45, 2.75) is 6.92 Å². The molecule has 1 aliphatic rings. The van der Waals surface area contributed by atoms with Gasteiger partial charge in [0.05, 0.1) is 25.2 Å². The van der Waals surface area contributed by atoms with Gasteiger partial charge < -0.3 is 29.1 Å². The molecule has 1 saturated heterocycles. The van der Waals surface area contributed by atoms with Crippen molar-refractivity contribution < 1.29 is 14.3 Å². The van der Waals surface area contributed by atoms with Crippen LogP contribution in [0, 0.1) is 13.5 Å². The first-order chi connectivity index (χ1) is 17.0. The van der Waals surface area contributed by atoms with E-state index < -0.39 is 0 Å². The van der Waals surface area contributed by atoms with Crippen LogP contribution in [-0.4, -0.2) is 66.8 Å². The molecule has 0 saturated carbocycles. The number of nitrogens with zero attached hydrogens (tertiary/aromatic N) is 8. The summed E-state index contributed by atoms with van der Waals surface area (Å²) < 4.78 is 13.1. The standard InChI is InChI=1S/C23H21N9O3/c1-14-10-19(24-2)25-12-17(14)35-20-11-16(21-22(28-20)31(3)13-26-21)27-18-5-4-15(29-30-18)23(33)32-6-8-34-9-7-32/h4-5,10-13H,6-9H2,1,3H3,(H,27,28,30).